The number of fused-ring (bicyclic) bond motifs is 1. The highest BCUT2D eigenvalue weighted by Gasteiger charge is 2.16. The molecule has 0 bridgehead atoms. The number of hydrogen-bond acceptors (Lipinski definition) is 6. The minimum absolute atomic E-state index is 0.0450. The van der Waals surface area contributed by atoms with Crippen LogP contribution in [0.25, 0.3) is 0 Å². The van der Waals surface area contributed by atoms with E-state index in [-0.39, 0.29) is 24.4 Å². The van der Waals surface area contributed by atoms with Crippen molar-refractivity contribution in [3.8, 4) is 5.75 Å². The van der Waals surface area contributed by atoms with Crippen LogP contribution in [0.2, 0.25) is 0 Å². The molecule has 0 radical (unpaired) electrons. The summed E-state index contributed by atoms with van der Waals surface area (Å²) in [5.74, 6) is 1.52. The molecule has 0 saturated carbocycles. The fourth-order valence-corrected chi connectivity index (χ4v) is 3.04. The van der Waals surface area contributed by atoms with Crippen molar-refractivity contribution >= 4 is 23.3 Å². The SMILES string of the molecule is O=C(CCC(=O)c1ccncn1)c1ccc2c(c1)SCCO2. The second kappa shape index (κ2) is 6.70. The lowest BCUT2D eigenvalue weighted by Gasteiger charge is -2.17. The molecule has 0 amide bonds. The molecular weight excluding hydrogens is 300 g/mol. The summed E-state index contributed by atoms with van der Waals surface area (Å²) in [6.45, 7) is 0.693. The quantitative estimate of drug-likeness (QED) is 0.790. The van der Waals surface area contributed by atoms with Crippen molar-refractivity contribution in [2.75, 3.05) is 12.4 Å². The number of thioether (sulfide) groups is 1. The first-order valence-electron chi connectivity index (χ1n) is 6.96. The second-order valence-corrected chi connectivity index (χ2v) is 5.94. The monoisotopic (exact) mass is 314 g/mol. The molecule has 3 rings (SSSR count). The highest BCUT2D eigenvalue weighted by molar-refractivity contribution is 7.99. The number of hydrogen-bond donors (Lipinski definition) is 0. The van der Waals surface area contributed by atoms with Crippen LogP contribution in [-0.2, 0) is 0 Å². The van der Waals surface area contributed by atoms with Crippen LogP contribution in [0.4, 0.5) is 0 Å². The zero-order valence-electron chi connectivity index (χ0n) is 11.8. The van der Waals surface area contributed by atoms with Gasteiger partial charge < -0.3 is 4.74 Å². The smallest absolute Gasteiger partial charge is 0.181 e. The minimum Gasteiger partial charge on any atom is -0.492 e. The van der Waals surface area contributed by atoms with Gasteiger partial charge in [0, 0.05) is 30.4 Å². The molecular formula is C16H14N2O3S. The van der Waals surface area contributed by atoms with Crippen molar-refractivity contribution < 1.29 is 14.3 Å². The molecule has 1 aromatic heterocycles. The predicted molar refractivity (Wildman–Crippen MR) is 82.6 cm³/mol. The molecule has 0 spiro atoms. The van der Waals surface area contributed by atoms with Crippen molar-refractivity contribution in [2.24, 2.45) is 0 Å². The first-order chi connectivity index (χ1) is 10.7. The Bertz CT molecular complexity index is 704. The largest absolute Gasteiger partial charge is 0.492 e. The van der Waals surface area contributed by atoms with Crippen LogP contribution in [0.3, 0.4) is 0 Å². The van der Waals surface area contributed by atoms with Gasteiger partial charge in [0.25, 0.3) is 0 Å². The van der Waals surface area contributed by atoms with Gasteiger partial charge in [-0.25, -0.2) is 9.97 Å². The average molecular weight is 314 g/mol. The molecule has 6 heteroatoms. The number of ketones is 2. The van der Waals surface area contributed by atoms with E-state index in [2.05, 4.69) is 9.97 Å². The summed E-state index contributed by atoms with van der Waals surface area (Å²) in [6.07, 6.45) is 3.17. The lowest BCUT2D eigenvalue weighted by Crippen LogP contribution is -2.09. The van der Waals surface area contributed by atoms with Crippen LogP contribution in [0, 0.1) is 0 Å². The molecule has 0 N–H and O–H groups in total. The van der Waals surface area contributed by atoms with Gasteiger partial charge in [-0.15, -0.1) is 11.8 Å². The first-order valence-corrected chi connectivity index (χ1v) is 7.94. The predicted octanol–water partition coefficient (Wildman–Crippen LogP) is 2.81. The van der Waals surface area contributed by atoms with Gasteiger partial charge in [0.2, 0.25) is 0 Å². The van der Waals surface area contributed by atoms with E-state index in [4.69, 9.17) is 4.74 Å². The summed E-state index contributed by atoms with van der Waals surface area (Å²) < 4.78 is 5.51. The van der Waals surface area contributed by atoms with E-state index in [1.54, 1.807) is 23.9 Å². The Morgan fingerprint density at radius 1 is 1.18 bits per heavy atom. The molecule has 0 fully saturated rings. The fraction of sp³-hybridized carbons (Fsp3) is 0.250. The van der Waals surface area contributed by atoms with Gasteiger partial charge in [0.1, 0.15) is 17.8 Å². The maximum absolute atomic E-state index is 12.2. The molecule has 0 unspecified atom stereocenters. The van der Waals surface area contributed by atoms with E-state index in [1.165, 1.54) is 12.5 Å². The molecule has 1 aromatic carbocycles. The Hall–Kier alpha value is -2.21. The van der Waals surface area contributed by atoms with E-state index in [0.717, 1.165) is 16.4 Å². The summed E-state index contributed by atoms with van der Waals surface area (Å²) in [4.78, 5) is 32.8. The molecule has 0 aliphatic carbocycles. The molecule has 1 aliphatic rings. The maximum Gasteiger partial charge on any atom is 0.181 e. The molecule has 112 valence electrons. The zero-order chi connectivity index (χ0) is 15.4. The number of Topliss-reactive ketones (excluding diaryl/α,β-unsaturated/α-hetero) is 2. The Morgan fingerprint density at radius 3 is 2.86 bits per heavy atom. The Balaban J connectivity index is 1.64. The van der Waals surface area contributed by atoms with Gasteiger partial charge in [0.05, 0.1) is 11.5 Å². The van der Waals surface area contributed by atoms with Crippen molar-refractivity contribution in [2.45, 2.75) is 17.7 Å². The van der Waals surface area contributed by atoms with Gasteiger partial charge in [-0.2, -0.15) is 0 Å². The third-order valence-corrected chi connectivity index (χ3v) is 4.31. The van der Waals surface area contributed by atoms with Gasteiger partial charge in [-0.3, -0.25) is 9.59 Å². The number of benzene rings is 1. The van der Waals surface area contributed by atoms with Crippen LogP contribution in [0.15, 0.2) is 41.7 Å². The molecule has 2 heterocycles. The van der Waals surface area contributed by atoms with E-state index in [9.17, 15) is 9.59 Å². The third kappa shape index (κ3) is 3.33. The minimum atomic E-state index is -0.147. The normalized spacial score (nSPS) is 13.1. The average Bonchev–Trinajstić information content (AvgIpc) is 2.59. The van der Waals surface area contributed by atoms with Crippen molar-refractivity contribution in [1.82, 2.24) is 9.97 Å². The van der Waals surface area contributed by atoms with Gasteiger partial charge in [0.15, 0.2) is 11.6 Å². The number of carbonyl (C=O) groups excluding carboxylic acids is 2. The van der Waals surface area contributed by atoms with Crippen LogP contribution in [0.1, 0.15) is 33.7 Å². The molecule has 1 aliphatic heterocycles. The maximum atomic E-state index is 12.2. The number of aromatic nitrogens is 2. The lowest BCUT2D eigenvalue weighted by molar-refractivity contribution is 0.0914. The van der Waals surface area contributed by atoms with E-state index < -0.39 is 0 Å². The summed E-state index contributed by atoms with van der Waals surface area (Å²) in [7, 11) is 0. The molecule has 0 saturated heterocycles. The summed E-state index contributed by atoms with van der Waals surface area (Å²) in [5.41, 5.74) is 0.962. The highest BCUT2D eigenvalue weighted by atomic mass is 32.2. The lowest BCUT2D eigenvalue weighted by atomic mass is 10.0. The zero-order valence-corrected chi connectivity index (χ0v) is 12.6. The van der Waals surface area contributed by atoms with Crippen LogP contribution < -0.4 is 4.74 Å². The number of carbonyl (C=O) groups is 2. The molecule has 22 heavy (non-hydrogen) atoms. The van der Waals surface area contributed by atoms with Crippen molar-refractivity contribution in [3.63, 3.8) is 0 Å². The fourth-order valence-electron chi connectivity index (χ4n) is 2.17. The van der Waals surface area contributed by atoms with Gasteiger partial charge in [-0.05, 0) is 24.3 Å². The van der Waals surface area contributed by atoms with Crippen LogP contribution >= 0.6 is 11.8 Å². The van der Waals surface area contributed by atoms with Crippen LogP contribution in [-0.4, -0.2) is 33.9 Å². The van der Waals surface area contributed by atoms with E-state index in [0.29, 0.717) is 17.9 Å². The molecule has 0 atom stereocenters. The van der Waals surface area contributed by atoms with Crippen molar-refractivity contribution in [1.29, 1.82) is 0 Å². The number of ether oxygens (including phenoxy) is 1. The second-order valence-electron chi connectivity index (χ2n) is 4.80. The molecule has 2 aromatic rings. The topological polar surface area (TPSA) is 69.2 Å². The third-order valence-electron chi connectivity index (χ3n) is 3.31. The van der Waals surface area contributed by atoms with Crippen LogP contribution in [0.5, 0.6) is 5.75 Å². The number of rotatable bonds is 5. The van der Waals surface area contributed by atoms with Gasteiger partial charge >= 0.3 is 0 Å². The summed E-state index contributed by atoms with van der Waals surface area (Å²) in [5, 5.41) is 0. The Morgan fingerprint density at radius 2 is 2.05 bits per heavy atom. The van der Waals surface area contributed by atoms with Crippen molar-refractivity contribution in [3.05, 3.63) is 48.0 Å². The summed E-state index contributed by atoms with van der Waals surface area (Å²) in [6, 6.07) is 6.97. The standard InChI is InChI=1S/C16H14N2O3S/c19-13(2-3-14(20)12-5-6-17-10-18-12)11-1-4-15-16(9-11)22-8-7-21-15/h1,4-6,9-10H,2-3,7-8H2. The first kappa shape index (κ1) is 14.7. The van der Waals surface area contributed by atoms with Gasteiger partial charge in [-0.1, -0.05) is 0 Å². The molecule has 5 nitrogen and oxygen atoms in total. The Labute approximate surface area is 132 Å². The summed E-state index contributed by atoms with van der Waals surface area (Å²) >= 11 is 1.68. The highest BCUT2D eigenvalue weighted by Crippen LogP contribution is 2.34. The number of nitrogens with zero attached hydrogens (tertiary/aromatic N) is 2. The van der Waals surface area contributed by atoms with E-state index >= 15 is 0 Å². The Kier molecular flexibility index (Phi) is 4.48. The van der Waals surface area contributed by atoms with E-state index in [1.807, 2.05) is 12.1 Å².